The third-order valence-electron chi connectivity index (χ3n) is 4.78. The Labute approximate surface area is 203 Å². The van der Waals surface area contributed by atoms with Crippen molar-refractivity contribution in [3.05, 3.63) is 77.9 Å². The largest absolute Gasteiger partial charge is 0.494 e. The first-order chi connectivity index (χ1) is 16.8. The van der Waals surface area contributed by atoms with Gasteiger partial charge in [-0.1, -0.05) is 6.07 Å². The number of hydrogen-bond donors (Lipinski definition) is 3. The van der Waals surface area contributed by atoms with Crippen molar-refractivity contribution >= 4 is 27.5 Å². The molecule has 0 heterocycles. The third-order valence-corrected chi connectivity index (χ3v) is 6.18. The van der Waals surface area contributed by atoms with Gasteiger partial charge >= 0.3 is 0 Å². The van der Waals surface area contributed by atoms with Crippen LogP contribution in [0.1, 0.15) is 27.6 Å². The van der Waals surface area contributed by atoms with Crippen molar-refractivity contribution in [1.29, 1.82) is 0 Å². The van der Waals surface area contributed by atoms with Crippen LogP contribution in [0.15, 0.2) is 71.6 Å². The molecule has 3 aromatic rings. The number of sulfonamides is 1. The van der Waals surface area contributed by atoms with E-state index >= 15 is 0 Å². The number of carbonyl (C=O) groups excluding carboxylic acids is 2. The minimum atomic E-state index is -3.83. The van der Waals surface area contributed by atoms with Crippen molar-refractivity contribution in [2.45, 2.75) is 11.8 Å². The average Bonchev–Trinajstić information content (AvgIpc) is 2.87. The third kappa shape index (κ3) is 6.21. The van der Waals surface area contributed by atoms with E-state index in [0.717, 1.165) is 0 Å². The van der Waals surface area contributed by atoms with Crippen molar-refractivity contribution in [1.82, 2.24) is 10.9 Å². The van der Waals surface area contributed by atoms with E-state index in [-0.39, 0.29) is 27.5 Å². The number of carbonyl (C=O) groups is 2. The average molecular weight is 500 g/mol. The molecular formula is C24H25N3O7S. The van der Waals surface area contributed by atoms with Crippen LogP contribution in [0, 0.1) is 0 Å². The maximum Gasteiger partial charge on any atom is 0.273 e. The van der Waals surface area contributed by atoms with Gasteiger partial charge in [0.1, 0.15) is 5.75 Å². The van der Waals surface area contributed by atoms with Crippen molar-refractivity contribution < 1.29 is 32.2 Å². The smallest absolute Gasteiger partial charge is 0.273 e. The number of amides is 2. The summed E-state index contributed by atoms with van der Waals surface area (Å²) >= 11 is 0. The monoisotopic (exact) mass is 499 g/mol. The van der Waals surface area contributed by atoms with E-state index in [1.165, 1.54) is 56.7 Å². The lowest BCUT2D eigenvalue weighted by molar-refractivity contribution is 0.0844. The predicted octanol–water partition coefficient (Wildman–Crippen LogP) is 2.98. The van der Waals surface area contributed by atoms with Gasteiger partial charge in [0.15, 0.2) is 11.5 Å². The Morgan fingerprint density at radius 3 is 2.09 bits per heavy atom. The molecule has 184 valence electrons. The van der Waals surface area contributed by atoms with E-state index in [1.807, 2.05) is 6.92 Å². The number of benzene rings is 3. The molecule has 3 aromatic carbocycles. The van der Waals surface area contributed by atoms with Gasteiger partial charge in [0.2, 0.25) is 0 Å². The zero-order chi connectivity index (χ0) is 25.4. The molecule has 35 heavy (non-hydrogen) atoms. The first kappa shape index (κ1) is 25.4. The van der Waals surface area contributed by atoms with Crippen LogP contribution in [0.3, 0.4) is 0 Å². The van der Waals surface area contributed by atoms with Gasteiger partial charge in [-0.25, -0.2) is 8.42 Å². The molecule has 2 amide bonds. The number of para-hydroxylation sites is 1. The van der Waals surface area contributed by atoms with Crippen LogP contribution < -0.4 is 29.8 Å². The summed E-state index contributed by atoms with van der Waals surface area (Å²) in [4.78, 5) is 25.0. The fourth-order valence-electron chi connectivity index (χ4n) is 3.10. The van der Waals surface area contributed by atoms with Gasteiger partial charge in [-0.2, -0.15) is 0 Å². The summed E-state index contributed by atoms with van der Waals surface area (Å²) in [7, 11) is -0.979. The fourth-order valence-corrected chi connectivity index (χ4v) is 4.16. The molecule has 0 bridgehead atoms. The van der Waals surface area contributed by atoms with E-state index in [0.29, 0.717) is 18.1 Å². The normalized spacial score (nSPS) is 10.7. The van der Waals surface area contributed by atoms with E-state index in [1.54, 1.807) is 24.3 Å². The van der Waals surface area contributed by atoms with Gasteiger partial charge in [-0.3, -0.25) is 25.2 Å². The van der Waals surface area contributed by atoms with Gasteiger partial charge in [0.05, 0.1) is 31.3 Å². The molecular weight excluding hydrogens is 474 g/mol. The summed E-state index contributed by atoms with van der Waals surface area (Å²) in [5.41, 5.74) is 5.26. The Morgan fingerprint density at radius 1 is 0.829 bits per heavy atom. The van der Waals surface area contributed by atoms with Crippen LogP contribution in [-0.2, 0) is 10.0 Å². The molecule has 0 saturated heterocycles. The van der Waals surface area contributed by atoms with Gasteiger partial charge in [0, 0.05) is 11.3 Å². The van der Waals surface area contributed by atoms with Crippen LogP contribution in [0.4, 0.5) is 5.69 Å². The van der Waals surface area contributed by atoms with Crippen molar-refractivity contribution in [3.8, 4) is 17.2 Å². The highest BCUT2D eigenvalue weighted by atomic mass is 32.2. The quantitative estimate of drug-likeness (QED) is 0.386. The SMILES string of the molecule is CCOc1ccc(S(=O)(=O)Nc2ccc(C(=O)NNC(=O)c3cccc(OC)c3OC)cc2)cc1. The molecule has 10 nitrogen and oxygen atoms in total. The molecule has 0 saturated carbocycles. The number of hydrogen-bond acceptors (Lipinski definition) is 7. The van der Waals surface area contributed by atoms with Gasteiger partial charge in [-0.05, 0) is 67.6 Å². The van der Waals surface area contributed by atoms with E-state index in [4.69, 9.17) is 14.2 Å². The summed E-state index contributed by atoms with van der Waals surface area (Å²) < 4.78 is 43.4. The van der Waals surface area contributed by atoms with Crippen LogP contribution in [0.5, 0.6) is 17.2 Å². The Kier molecular flexibility index (Phi) is 8.16. The maximum atomic E-state index is 12.6. The Bertz CT molecular complexity index is 1290. The topological polar surface area (TPSA) is 132 Å². The minimum Gasteiger partial charge on any atom is -0.494 e. The molecule has 0 fully saturated rings. The minimum absolute atomic E-state index is 0.0680. The van der Waals surface area contributed by atoms with E-state index in [2.05, 4.69) is 15.6 Å². The highest BCUT2D eigenvalue weighted by Gasteiger charge is 2.18. The molecule has 0 spiro atoms. The lowest BCUT2D eigenvalue weighted by Crippen LogP contribution is -2.41. The molecule has 3 N–H and O–H groups in total. The number of methoxy groups -OCH3 is 2. The molecule has 11 heteroatoms. The van der Waals surface area contributed by atoms with Crippen molar-refractivity contribution in [3.63, 3.8) is 0 Å². The number of ether oxygens (including phenoxy) is 3. The van der Waals surface area contributed by atoms with Gasteiger partial charge in [-0.15, -0.1) is 0 Å². The van der Waals surface area contributed by atoms with Crippen LogP contribution in [0.25, 0.3) is 0 Å². The van der Waals surface area contributed by atoms with Crippen LogP contribution >= 0.6 is 0 Å². The fraction of sp³-hybridized carbons (Fsp3) is 0.167. The van der Waals surface area contributed by atoms with Crippen molar-refractivity contribution in [2.24, 2.45) is 0 Å². The zero-order valence-corrected chi connectivity index (χ0v) is 20.1. The predicted molar refractivity (Wildman–Crippen MR) is 129 cm³/mol. The summed E-state index contributed by atoms with van der Waals surface area (Å²) in [5, 5.41) is 0. The lowest BCUT2D eigenvalue weighted by atomic mass is 10.1. The number of anilines is 1. The second-order valence-corrected chi connectivity index (χ2v) is 8.72. The molecule has 0 radical (unpaired) electrons. The number of rotatable bonds is 9. The van der Waals surface area contributed by atoms with Crippen molar-refractivity contribution in [2.75, 3.05) is 25.5 Å². The molecule has 0 aliphatic carbocycles. The summed E-state index contributed by atoms with van der Waals surface area (Å²) in [6.07, 6.45) is 0. The number of hydrazine groups is 1. The highest BCUT2D eigenvalue weighted by Crippen LogP contribution is 2.30. The molecule has 0 unspecified atom stereocenters. The first-order valence-electron chi connectivity index (χ1n) is 10.5. The van der Waals surface area contributed by atoms with Crippen LogP contribution in [-0.4, -0.2) is 41.1 Å². The molecule has 3 rings (SSSR count). The molecule has 0 aromatic heterocycles. The number of nitrogens with one attached hydrogen (secondary N) is 3. The van der Waals surface area contributed by atoms with Crippen LogP contribution in [0.2, 0.25) is 0 Å². The molecule has 0 atom stereocenters. The molecule has 0 aliphatic heterocycles. The van der Waals surface area contributed by atoms with Gasteiger partial charge in [0.25, 0.3) is 21.8 Å². The second kappa shape index (κ2) is 11.3. The maximum absolute atomic E-state index is 12.6. The summed E-state index contributed by atoms with van der Waals surface area (Å²) in [6, 6.07) is 16.5. The highest BCUT2D eigenvalue weighted by molar-refractivity contribution is 7.92. The standard InChI is InChI=1S/C24H25N3O7S/c1-4-34-18-12-14-19(15-13-18)35(30,31)27-17-10-8-16(9-11-17)23(28)25-26-24(29)20-6-5-7-21(32-2)22(20)33-3/h5-15,27H,4H2,1-3H3,(H,25,28)(H,26,29). The summed E-state index contributed by atoms with van der Waals surface area (Å²) in [6.45, 7) is 2.31. The van der Waals surface area contributed by atoms with E-state index in [9.17, 15) is 18.0 Å². The second-order valence-electron chi connectivity index (χ2n) is 7.04. The Morgan fingerprint density at radius 2 is 1.49 bits per heavy atom. The van der Waals surface area contributed by atoms with Gasteiger partial charge < -0.3 is 14.2 Å². The summed E-state index contributed by atoms with van der Waals surface area (Å²) in [5.74, 6) is -0.0330. The Balaban J connectivity index is 1.62. The molecule has 0 aliphatic rings. The lowest BCUT2D eigenvalue weighted by Gasteiger charge is -2.13. The Hall–Kier alpha value is -4.25. The zero-order valence-electron chi connectivity index (χ0n) is 19.3. The first-order valence-corrected chi connectivity index (χ1v) is 11.9. The van der Waals surface area contributed by atoms with E-state index < -0.39 is 21.8 Å².